The molecule has 1 fully saturated rings. The number of hydrogen-bond acceptors (Lipinski definition) is 2. The van der Waals surface area contributed by atoms with Gasteiger partial charge in [0.25, 0.3) is 0 Å². The van der Waals surface area contributed by atoms with E-state index in [9.17, 15) is 5.11 Å². The molecular weight excluding hydrogens is 222 g/mol. The van der Waals surface area contributed by atoms with E-state index in [4.69, 9.17) is 11.6 Å². The molecule has 0 saturated carbocycles. The van der Waals surface area contributed by atoms with Gasteiger partial charge in [0.05, 0.1) is 6.10 Å². The Labute approximate surface area is 102 Å². The Kier molecular flexibility index (Phi) is 3.85. The summed E-state index contributed by atoms with van der Waals surface area (Å²) in [6.07, 6.45) is 2.83. The predicted octanol–water partition coefficient (Wildman–Crippen LogP) is 2.86. The van der Waals surface area contributed by atoms with Gasteiger partial charge in [-0.25, -0.2) is 0 Å². The van der Waals surface area contributed by atoms with Crippen LogP contribution in [0.3, 0.4) is 0 Å². The maximum atomic E-state index is 10.1. The molecule has 88 valence electrons. The molecule has 1 aliphatic heterocycles. The lowest BCUT2D eigenvalue weighted by atomic mass is 10.0. The highest BCUT2D eigenvalue weighted by atomic mass is 35.5. The van der Waals surface area contributed by atoms with Crippen molar-refractivity contribution in [1.82, 2.24) is 4.90 Å². The van der Waals surface area contributed by atoms with Crippen LogP contribution in [0, 0.1) is 0 Å². The Balaban J connectivity index is 1.99. The van der Waals surface area contributed by atoms with Crippen LogP contribution in [0.4, 0.5) is 0 Å². The van der Waals surface area contributed by atoms with E-state index in [1.807, 2.05) is 24.3 Å². The molecule has 0 aromatic heterocycles. The van der Waals surface area contributed by atoms with Gasteiger partial charge in [-0.3, -0.25) is 0 Å². The minimum Gasteiger partial charge on any atom is -0.388 e. The summed E-state index contributed by atoms with van der Waals surface area (Å²) in [5.74, 6) is 0. The number of hydrogen-bond donors (Lipinski definition) is 1. The van der Waals surface area contributed by atoms with Crippen molar-refractivity contribution in [3.05, 3.63) is 34.9 Å². The predicted molar refractivity (Wildman–Crippen MR) is 66.7 cm³/mol. The van der Waals surface area contributed by atoms with Gasteiger partial charge in [-0.1, -0.05) is 23.7 Å². The molecule has 0 spiro atoms. The summed E-state index contributed by atoms with van der Waals surface area (Å²) in [4.78, 5) is 2.33. The molecular formula is C13H18ClNO. The highest BCUT2D eigenvalue weighted by Crippen LogP contribution is 2.27. The first kappa shape index (κ1) is 11.9. The highest BCUT2D eigenvalue weighted by molar-refractivity contribution is 6.30. The summed E-state index contributed by atoms with van der Waals surface area (Å²) in [7, 11) is 2.13. The minimum absolute atomic E-state index is 0.399. The molecule has 1 saturated heterocycles. The normalized spacial score (nSPS) is 23.6. The lowest BCUT2D eigenvalue weighted by molar-refractivity contribution is 0.130. The molecule has 2 rings (SSSR count). The molecule has 0 radical (unpaired) electrons. The van der Waals surface area contributed by atoms with E-state index >= 15 is 0 Å². The lowest BCUT2D eigenvalue weighted by Crippen LogP contribution is -2.26. The third-order valence-electron chi connectivity index (χ3n) is 3.40. The average molecular weight is 240 g/mol. The van der Waals surface area contributed by atoms with Gasteiger partial charge in [0.1, 0.15) is 0 Å². The van der Waals surface area contributed by atoms with Crippen LogP contribution in [0.15, 0.2) is 24.3 Å². The Morgan fingerprint density at radius 1 is 1.56 bits per heavy atom. The molecule has 1 aromatic carbocycles. The zero-order valence-electron chi connectivity index (χ0n) is 9.56. The van der Waals surface area contributed by atoms with Gasteiger partial charge in [-0.2, -0.15) is 0 Å². The van der Waals surface area contributed by atoms with Crippen LogP contribution >= 0.6 is 11.6 Å². The first-order chi connectivity index (χ1) is 7.66. The van der Waals surface area contributed by atoms with Crippen LogP contribution in [0.25, 0.3) is 0 Å². The van der Waals surface area contributed by atoms with Gasteiger partial charge in [0.15, 0.2) is 0 Å². The topological polar surface area (TPSA) is 23.5 Å². The number of likely N-dealkylation sites (tertiary alicyclic amines) is 1. The number of nitrogens with zero attached hydrogens (tertiary/aromatic N) is 1. The van der Waals surface area contributed by atoms with E-state index in [2.05, 4.69) is 11.9 Å². The summed E-state index contributed by atoms with van der Waals surface area (Å²) in [5.41, 5.74) is 0.924. The highest BCUT2D eigenvalue weighted by Gasteiger charge is 2.24. The minimum atomic E-state index is -0.399. The fourth-order valence-electron chi connectivity index (χ4n) is 2.38. The Morgan fingerprint density at radius 2 is 2.38 bits per heavy atom. The van der Waals surface area contributed by atoms with Crippen molar-refractivity contribution in [3.63, 3.8) is 0 Å². The van der Waals surface area contributed by atoms with Crippen molar-refractivity contribution >= 4 is 11.6 Å². The van der Waals surface area contributed by atoms with Gasteiger partial charge in [0.2, 0.25) is 0 Å². The summed E-state index contributed by atoms with van der Waals surface area (Å²) >= 11 is 5.91. The number of aliphatic hydroxyl groups excluding tert-OH is 1. The standard InChI is InChI=1S/C13H18ClNO/c1-15-7-3-6-12(15)9-13(16)10-4-2-5-11(14)8-10/h2,4-5,8,12-13,16H,3,6-7,9H2,1H3/t12-,13-/m1/s1. The van der Waals surface area contributed by atoms with Crippen LogP contribution in [0.5, 0.6) is 0 Å². The van der Waals surface area contributed by atoms with Gasteiger partial charge in [-0.15, -0.1) is 0 Å². The SMILES string of the molecule is CN1CCC[C@@H]1C[C@@H](O)c1cccc(Cl)c1. The molecule has 0 aliphatic carbocycles. The molecule has 3 heteroatoms. The molecule has 1 N–H and O–H groups in total. The van der Waals surface area contributed by atoms with Crippen molar-refractivity contribution in [2.45, 2.75) is 31.4 Å². The van der Waals surface area contributed by atoms with Crippen molar-refractivity contribution in [1.29, 1.82) is 0 Å². The summed E-state index contributed by atoms with van der Waals surface area (Å²) in [6, 6.07) is 8.01. The molecule has 16 heavy (non-hydrogen) atoms. The molecule has 0 amide bonds. The fraction of sp³-hybridized carbons (Fsp3) is 0.538. The van der Waals surface area contributed by atoms with Crippen molar-refractivity contribution in [2.75, 3.05) is 13.6 Å². The van der Waals surface area contributed by atoms with Crippen molar-refractivity contribution in [3.8, 4) is 0 Å². The Hall–Kier alpha value is -0.570. The monoisotopic (exact) mass is 239 g/mol. The lowest BCUT2D eigenvalue weighted by Gasteiger charge is -2.22. The second-order valence-electron chi connectivity index (χ2n) is 4.58. The largest absolute Gasteiger partial charge is 0.388 e. The van der Waals surface area contributed by atoms with Gasteiger partial charge >= 0.3 is 0 Å². The average Bonchev–Trinajstić information content (AvgIpc) is 2.64. The Morgan fingerprint density at radius 3 is 3.00 bits per heavy atom. The van der Waals surface area contributed by atoms with Gasteiger partial charge < -0.3 is 10.0 Å². The zero-order valence-corrected chi connectivity index (χ0v) is 10.3. The molecule has 0 unspecified atom stereocenters. The van der Waals surface area contributed by atoms with Crippen LogP contribution in [0.1, 0.15) is 30.9 Å². The molecule has 2 nitrogen and oxygen atoms in total. The maximum Gasteiger partial charge on any atom is 0.0805 e. The summed E-state index contributed by atoms with van der Waals surface area (Å²) < 4.78 is 0. The molecule has 2 atom stereocenters. The summed E-state index contributed by atoms with van der Waals surface area (Å²) in [5, 5.41) is 10.8. The maximum absolute atomic E-state index is 10.1. The van der Waals surface area contributed by atoms with E-state index in [1.165, 1.54) is 12.8 Å². The van der Waals surface area contributed by atoms with Gasteiger partial charge in [-0.05, 0) is 50.6 Å². The third kappa shape index (κ3) is 2.76. The first-order valence-electron chi connectivity index (χ1n) is 5.80. The second kappa shape index (κ2) is 5.17. The molecule has 1 heterocycles. The summed E-state index contributed by atoms with van der Waals surface area (Å²) in [6.45, 7) is 1.15. The molecule has 0 bridgehead atoms. The van der Waals surface area contributed by atoms with E-state index < -0.39 is 6.10 Å². The van der Waals surface area contributed by atoms with Crippen LogP contribution < -0.4 is 0 Å². The van der Waals surface area contributed by atoms with Crippen molar-refractivity contribution < 1.29 is 5.11 Å². The van der Waals surface area contributed by atoms with E-state index in [1.54, 1.807) is 0 Å². The number of benzene rings is 1. The smallest absolute Gasteiger partial charge is 0.0805 e. The Bertz CT molecular complexity index is 356. The molecule has 1 aliphatic rings. The van der Waals surface area contributed by atoms with E-state index in [-0.39, 0.29) is 0 Å². The van der Waals surface area contributed by atoms with Crippen LogP contribution in [-0.2, 0) is 0 Å². The number of aliphatic hydroxyl groups is 1. The van der Waals surface area contributed by atoms with E-state index in [0.29, 0.717) is 11.1 Å². The van der Waals surface area contributed by atoms with Gasteiger partial charge in [0, 0.05) is 11.1 Å². The van der Waals surface area contributed by atoms with Crippen LogP contribution in [0.2, 0.25) is 5.02 Å². The molecule has 1 aromatic rings. The second-order valence-corrected chi connectivity index (χ2v) is 5.02. The number of halogens is 1. The number of rotatable bonds is 3. The zero-order chi connectivity index (χ0) is 11.5. The van der Waals surface area contributed by atoms with Crippen molar-refractivity contribution in [2.24, 2.45) is 0 Å². The third-order valence-corrected chi connectivity index (χ3v) is 3.64. The fourth-order valence-corrected chi connectivity index (χ4v) is 2.58. The van der Waals surface area contributed by atoms with E-state index in [0.717, 1.165) is 18.5 Å². The van der Waals surface area contributed by atoms with Crippen LogP contribution in [-0.4, -0.2) is 29.6 Å². The quantitative estimate of drug-likeness (QED) is 0.877. The first-order valence-corrected chi connectivity index (χ1v) is 6.18.